The number of nitrogens with two attached hydrogens (primary N) is 1. The first-order valence-corrected chi connectivity index (χ1v) is 7.60. The van der Waals surface area contributed by atoms with E-state index in [0.717, 1.165) is 25.7 Å². The lowest BCUT2D eigenvalue weighted by molar-refractivity contribution is -0.118. The van der Waals surface area contributed by atoms with E-state index in [0.29, 0.717) is 24.4 Å². The van der Waals surface area contributed by atoms with Crippen LogP contribution in [0.1, 0.15) is 44.6 Å². The minimum Gasteiger partial charge on any atom is -0.330 e. The van der Waals surface area contributed by atoms with Crippen LogP contribution in [0.5, 0.6) is 0 Å². The molecule has 1 aromatic carbocycles. The Morgan fingerprint density at radius 3 is 2.75 bits per heavy atom. The van der Waals surface area contributed by atoms with Gasteiger partial charge in [-0.2, -0.15) is 0 Å². The van der Waals surface area contributed by atoms with Crippen molar-refractivity contribution >= 4 is 17.4 Å². The van der Waals surface area contributed by atoms with E-state index in [2.05, 4.69) is 6.92 Å². The van der Waals surface area contributed by atoms with Gasteiger partial charge in [-0.1, -0.05) is 43.5 Å². The maximum absolute atomic E-state index is 13.7. The molecule has 0 radical (unpaired) electrons. The third-order valence-corrected chi connectivity index (χ3v) is 3.81. The van der Waals surface area contributed by atoms with Crippen molar-refractivity contribution in [3.05, 3.63) is 34.6 Å². The van der Waals surface area contributed by atoms with Gasteiger partial charge in [-0.25, -0.2) is 4.39 Å². The van der Waals surface area contributed by atoms with Gasteiger partial charge in [0, 0.05) is 12.8 Å². The third-order valence-electron chi connectivity index (χ3n) is 3.52. The Morgan fingerprint density at radius 1 is 1.35 bits per heavy atom. The second kappa shape index (κ2) is 9.09. The van der Waals surface area contributed by atoms with Gasteiger partial charge in [0.15, 0.2) is 0 Å². The smallest absolute Gasteiger partial charge is 0.145 e. The molecular weight excluding hydrogens is 277 g/mol. The minimum absolute atomic E-state index is 0.0595. The average molecular weight is 300 g/mol. The molecule has 2 nitrogen and oxygen atoms in total. The predicted molar refractivity (Wildman–Crippen MR) is 81.4 cm³/mol. The number of carbonyl (C=O) groups excluding carboxylic acids is 1. The minimum atomic E-state index is -0.477. The summed E-state index contributed by atoms with van der Waals surface area (Å²) in [6.45, 7) is 2.79. The predicted octanol–water partition coefficient (Wildman–Crippen LogP) is 4.14. The maximum Gasteiger partial charge on any atom is 0.145 e. The molecule has 112 valence electrons. The SMILES string of the molecule is CCCC(CCN)CCC(=O)Cc1cccc(Cl)c1F. The number of carbonyl (C=O) groups is 1. The monoisotopic (exact) mass is 299 g/mol. The number of rotatable bonds is 9. The lowest BCUT2D eigenvalue weighted by atomic mass is 9.92. The fraction of sp³-hybridized carbons (Fsp3) is 0.562. The standard InChI is InChI=1S/C16H23ClFNO/c1-2-4-12(9-10-19)7-8-14(20)11-13-5-3-6-15(17)16(13)18/h3,5-6,12H,2,4,7-11,19H2,1H3. The van der Waals surface area contributed by atoms with E-state index in [4.69, 9.17) is 17.3 Å². The lowest BCUT2D eigenvalue weighted by Crippen LogP contribution is -2.12. The molecule has 0 aliphatic rings. The van der Waals surface area contributed by atoms with Gasteiger partial charge in [0.05, 0.1) is 5.02 Å². The Bertz CT molecular complexity index is 430. The van der Waals surface area contributed by atoms with E-state index in [1.165, 1.54) is 6.07 Å². The normalized spacial score (nSPS) is 12.4. The van der Waals surface area contributed by atoms with Crippen molar-refractivity contribution in [1.29, 1.82) is 0 Å². The fourth-order valence-electron chi connectivity index (χ4n) is 2.43. The zero-order valence-electron chi connectivity index (χ0n) is 12.0. The summed E-state index contributed by atoms with van der Waals surface area (Å²) in [6, 6.07) is 4.77. The topological polar surface area (TPSA) is 43.1 Å². The van der Waals surface area contributed by atoms with Gasteiger partial charge in [0.1, 0.15) is 11.6 Å². The number of ketones is 1. The Kier molecular flexibility index (Phi) is 7.78. The van der Waals surface area contributed by atoms with Gasteiger partial charge < -0.3 is 5.73 Å². The van der Waals surface area contributed by atoms with Gasteiger partial charge in [0.25, 0.3) is 0 Å². The van der Waals surface area contributed by atoms with Crippen LogP contribution in [-0.2, 0) is 11.2 Å². The highest BCUT2D eigenvalue weighted by molar-refractivity contribution is 6.30. The first-order valence-electron chi connectivity index (χ1n) is 7.23. The van der Waals surface area contributed by atoms with Crippen molar-refractivity contribution < 1.29 is 9.18 Å². The molecule has 0 aliphatic carbocycles. The summed E-state index contributed by atoms with van der Waals surface area (Å²) in [6.07, 6.45) is 4.58. The molecule has 0 saturated heterocycles. The largest absolute Gasteiger partial charge is 0.330 e. The lowest BCUT2D eigenvalue weighted by Gasteiger charge is -2.14. The first kappa shape index (κ1) is 17.1. The van der Waals surface area contributed by atoms with Crippen LogP contribution in [0.3, 0.4) is 0 Å². The average Bonchev–Trinajstić information content (AvgIpc) is 2.42. The number of halogens is 2. The van der Waals surface area contributed by atoms with E-state index in [-0.39, 0.29) is 17.2 Å². The molecule has 1 unspecified atom stereocenters. The molecule has 0 fully saturated rings. The van der Waals surface area contributed by atoms with E-state index < -0.39 is 5.82 Å². The van der Waals surface area contributed by atoms with Crippen LogP contribution in [0.15, 0.2) is 18.2 Å². The van der Waals surface area contributed by atoms with Gasteiger partial charge in [-0.3, -0.25) is 4.79 Å². The molecule has 1 atom stereocenters. The van der Waals surface area contributed by atoms with Crippen LogP contribution in [0.2, 0.25) is 5.02 Å². The second-order valence-electron chi connectivity index (χ2n) is 5.20. The van der Waals surface area contributed by atoms with Gasteiger partial charge >= 0.3 is 0 Å². The van der Waals surface area contributed by atoms with Crippen LogP contribution in [0.25, 0.3) is 0 Å². The van der Waals surface area contributed by atoms with E-state index >= 15 is 0 Å². The number of hydrogen-bond donors (Lipinski definition) is 1. The molecule has 0 aromatic heterocycles. The highest BCUT2D eigenvalue weighted by Crippen LogP contribution is 2.21. The van der Waals surface area contributed by atoms with Crippen molar-refractivity contribution in [2.45, 2.75) is 45.4 Å². The van der Waals surface area contributed by atoms with Crippen molar-refractivity contribution in [3.63, 3.8) is 0 Å². The van der Waals surface area contributed by atoms with Gasteiger partial charge in [-0.05, 0) is 36.9 Å². The summed E-state index contributed by atoms with van der Waals surface area (Å²) in [5, 5.41) is 0.0716. The van der Waals surface area contributed by atoms with Gasteiger partial charge in [0.2, 0.25) is 0 Å². The number of Topliss-reactive ketones (excluding diaryl/α,β-unsaturated/α-hetero) is 1. The Hall–Kier alpha value is -0.930. The summed E-state index contributed by atoms with van der Waals surface area (Å²) >= 11 is 5.71. The van der Waals surface area contributed by atoms with Crippen LogP contribution >= 0.6 is 11.6 Å². The zero-order chi connectivity index (χ0) is 15.0. The van der Waals surface area contributed by atoms with Crippen LogP contribution in [0.4, 0.5) is 4.39 Å². The molecule has 4 heteroatoms. The quantitative estimate of drug-likeness (QED) is 0.745. The number of benzene rings is 1. The van der Waals surface area contributed by atoms with Crippen LogP contribution in [0, 0.1) is 11.7 Å². The Morgan fingerprint density at radius 2 is 2.10 bits per heavy atom. The second-order valence-corrected chi connectivity index (χ2v) is 5.61. The van der Waals surface area contributed by atoms with Crippen LogP contribution < -0.4 is 5.73 Å². The zero-order valence-corrected chi connectivity index (χ0v) is 12.8. The summed E-state index contributed by atoms with van der Waals surface area (Å²) in [7, 11) is 0. The highest BCUT2D eigenvalue weighted by Gasteiger charge is 2.13. The Balaban J connectivity index is 2.48. The molecule has 2 N–H and O–H groups in total. The van der Waals surface area contributed by atoms with Crippen molar-refractivity contribution in [2.75, 3.05) is 6.54 Å². The maximum atomic E-state index is 13.7. The highest BCUT2D eigenvalue weighted by atomic mass is 35.5. The number of hydrogen-bond acceptors (Lipinski definition) is 2. The molecule has 0 bridgehead atoms. The fourth-order valence-corrected chi connectivity index (χ4v) is 2.62. The third kappa shape index (κ3) is 5.59. The van der Waals surface area contributed by atoms with Crippen molar-refractivity contribution in [2.24, 2.45) is 11.7 Å². The molecule has 1 aromatic rings. The summed E-state index contributed by atoms with van der Waals surface area (Å²) in [5.41, 5.74) is 5.96. The van der Waals surface area contributed by atoms with E-state index in [1.54, 1.807) is 12.1 Å². The van der Waals surface area contributed by atoms with E-state index in [9.17, 15) is 9.18 Å². The van der Waals surface area contributed by atoms with Crippen molar-refractivity contribution in [1.82, 2.24) is 0 Å². The molecular formula is C16H23ClFNO. The first-order chi connectivity index (χ1) is 9.58. The molecule has 1 rings (SSSR count). The Labute approximate surface area is 125 Å². The van der Waals surface area contributed by atoms with Crippen LogP contribution in [-0.4, -0.2) is 12.3 Å². The van der Waals surface area contributed by atoms with Crippen molar-refractivity contribution in [3.8, 4) is 0 Å². The molecule has 0 aliphatic heterocycles. The molecule has 0 saturated carbocycles. The summed E-state index contributed by atoms with van der Waals surface area (Å²) in [4.78, 5) is 11.9. The summed E-state index contributed by atoms with van der Waals surface area (Å²) in [5.74, 6) is 0.0806. The van der Waals surface area contributed by atoms with Gasteiger partial charge in [-0.15, -0.1) is 0 Å². The molecule has 0 spiro atoms. The molecule has 0 heterocycles. The molecule has 20 heavy (non-hydrogen) atoms. The summed E-state index contributed by atoms with van der Waals surface area (Å²) < 4.78 is 13.7. The van der Waals surface area contributed by atoms with E-state index in [1.807, 2.05) is 0 Å². The molecule has 0 amide bonds.